The van der Waals surface area contributed by atoms with Crippen molar-refractivity contribution >= 4 is 5.97 Å². The summed E-state index contributed by atoms with van der Waals surface area (Å²) in [6, 6.07) is 0. The molecule has 2 nitrogen and oxygen atoms in total. The Morgan fingerprint density at radius 3 is 1.02 bits per heavy atom. The Hall–Kier alpha value is -0.790. The monoisotopic (exact) mass is 773 g/mol. The van der Waals surface area contributed by atoms with E-state index in [9.17, 15) is 4.79 Å². The highest BCUT2D eigenvalue weighted by Gasteiger charge is 2.03. The molecule has 1 atom stereocenters. The number of rotatable bonds is 48. The number of carbonyl (C=O) groups is 1. The summed E-state index contributed by atoms with van der Waals surface area (Å²) < 4.78 is 5.46. The van der Waals surface area contributed by atoms with Crippen LogP contribution in [-0.2, 0) is 9.53 Å². The molecular formula is C53H104O2. The van der Waals surface area contributed by atoms with Gasteiger partial charge in [0.05, 0.1) is 6.61 Å². The Labute approximate surface area is 348 Å². The fourth-order valence-corrected chi connectivity index (χ4v) is 8.16. The lowest BCUT2D eigenvalue weighted by molar-refractivity contribution is -0.143. The second-order valence-corrected chi connectivity index (χ2v) is 18.1. The van der Waals surface area contributed by atoms with Gasteiger partial charge in [-0.25, -0.2) is 0 Å². The molecule has 0 amide bonds. The molecule has 0 rings (SSSR count). The molecule has 0 heterocycles. The van der Waals surface area contributed by atoms with E-state index in [1.807, 2.05) is 0 Å². The van der Waals surface area contributed by atoms with Gasteiger partial charge in [0, 0.05) is 6.42 Å². The van der Waals surface area contributed by atoms with Crippen molar-refractivity contribution < 1.29 is 9.53 Å². The smallest absolute Gasteiger partial charge is 0.305 e. The first-order valence-electron chi connectivity index (χ1n) is 26.0. The minimum atomic E-state index is 0.0186. The number of hydrogen-bond acceptors (Lipinski definition) is 2. The van der Waals surface area contributed by atoms with Crippen LogP contribution in [0, 0.1) is 5.92 Å². The lowest BCUT2D eigenvalue weighted by Crippen LogP contribution is -2.05. The fraction of sp³-hybridized carbons (Fsp3) is 0.943. The van der Waals surface area contributed by atoms with Crippen molar-refractivity contribution in [3.05, 3.63) is 12.2 Å². The molecule has 0 aliphatic heterocycles. The van der Waals surface area contributed by atoms with Gasteiger partial charge in [0.1, 0.15) is 0 Å². The van der Waals surface area contributed by atoms with Crippen molar-refractivity contribution in [1.29, 1.82) is 0 Å². The highest BCUT2D eigenvalue weighted by molar-refractivity contribution is 5.69. The van der Waals surface area contributed by atoms with Gasteiger partial charge < -0.3 is 4.74 Å². The van der Waals surface area contributed by atoms with E-state index in [0.29, 0.717) is 13.0 Å². The third-order valence-electron chi connectivity index (χ3n) is 12.4. The summed E-state index contributed by atoms with van der Waals surface area (Å²) >= 11 is 0. The summed E-state index contributed by atoms with van der Waals surface area (Å²) in [6.45, 7) is 7.61. The minimum Gasteiger partial charge on any atom is -0.466 e. The number of esters is 1. The third kappa shape index (κ3) is 49.3. The van der Waals surface area contributed by atoms with Crippen molar-refractivity contribution in [2.75, 3.05) is 6.61 Å². The van der Waals surface area contributed by atoms with E-state index in [1.54, 1.807) is 0 Å². The summed E-state index contributed by atoms with van der Waals surface area (Å²) in [5.74, 6) is 0.959. The maximum Gasteiger partial charge on any atom is 0.305 e. The van der Waals surface area contributed by atoms with Gasteiger partial charge in [-0.2, -0.15) is 0 Å². The topological polar surface area (TPSA) is 26.3 Å². The summed E-state index contributed by atoms with van der Waals surface area (Å²) in [4.78, 5) is 12.0. The average Bonchev–Trinajstić information content (AvgIpc) is 3.19. The number of allylic oxidation sites excluding steroid dienone is 2. The SMILES string of the molecule is CCCCC=CCCCCCCCC(=O)OCCCCCCCCCCCCCCCCCCCCCCCCCCCCCCCCCCCC(C)CC. The van der Waals surface area contributed by atoms with Crippen LogP contribution in [0.15, 0.2) is 12.2 Å². The van der Waals surface area contributed by atoms with E-state index in [4.69, 9.17) is 4.74 Å². The molecule has 0 spiro atoms. The van der Waals surface area contributed by atoms with E-state index in [-0.39, 0.29) is 5.97 Å². The zero-order valence-corrected chi connectivity index (χ0v) is 38.6. The Balaban J connectivity index is 3.13. The molecule has 1 unspecified atom stereocenters. The second-order valence-electron chi connectivity index (χ2n) is 18.1. The molecule has 0 aliphatic carbocycles. The quantitative estimate of drug-likeness (QED) is 0.0350. The molecule has 0 saturated heterocycles. The summed E-state index contributed by atoms with van der Waals surface area (Å²) in [6.07, 6.45) is 66.5. The minimum absolute atomic E-state index is 0.0186. The van der Waals surface area contributed by atoms with Gasteiger partial charge in [0.25, 0.3) is 0 Å². The van der Waals surface area contributed by atoms with Gasteiger partial charge >= 0.3 is 5.97 Å². The molecule has 0 aromatic heterocycles. The van der Waals surface area contributed by atoms with Crippen LogP contribution < -0.4 is 0 Å². The Kier molecular flexibility index (Phi) is 48.6. The van der Waals surface area contributed by atoms with Crippen LogP contribution in [0.25, 0.3) is 0 Å². The normalized spacial score (nSPS) is 12.3. The molecule has 0 fully saturated rings. The summed E-state index contributed by atoms with van der Waals surface area (Å²) in [7, 11) is 0. The summed E-state index contributed by atoms with van der Waals surface area (Å²) in [5, 5.41) is 0. The average molecular weight is 773 g/mol. The zero-order valence-electron chi connectivity index (χ0n) is 38.6. The Morgan fingerprint density at radius 2 is 0.673 bits per heavy atom. The highest BCUT2D eigenvalue weighted by atomic mass is 16.5. The second kappa shape index (κ2) is 49.4. The van der Waals surface area contributed by atoms with Crippen molar-refractivity contribution in [3.63, 3.8) is 0 Å². The first kappa shape index (κ1) is 54.2. The van der Waals surface area contributed by atoms with E-state index in [1.165, 1.54) is 263 Å². The maximum atomic E-state index is 12.0. The molecule has 2 heteroatoms. The van der Waals surface area contributed by atoms with Crippen LogP contribution in [0.3, 0.4) is 0 Å². The van der Waals surface area contributed by atoms with Crippen LogP contribution in [0.5, 0.6) is 0 Å². The molecule has 0 radical (unpaired) electrons. The third-order valence-corrected chi connectivity index (χ3v) is 12.4. The molecule has 55 heavy (non-hydrogen) atoms. The zero-order chi connectivity index (χ0) is 39.8. The number of ether oxygens (including phenoxy) is 1. The molecule has 0 aromatic rings. The van der Waals surface area contributed by atoms with Crippen molar-refractivity contribution in [2.24, 2.45) is 5.92 Å². The lowest BCUT2D eigenvalue weighted by atomic mass is 9.99. The van der Waals surface area contributed by atoms with E-state index < -0.39 is 0 Å². The Morgan fingerprint density at radius 1 is 0.382 bits per heavy atom. The van der Waals surface area contributed by atoms with Gasteiger partial charge in [0.15, 0.2) is 0 Å². The van der Waals surface area contributed by atoms with Crippen molar-refractivity contribution in [2.45, 2.75) is 310 Å². The van der Waals surface area contributed by atoms with E-state index >= 15 is 0 Å². The van der Waals surface area contributed by atoms with Crippen LogP contribution in [-0.4, -0.2) is 12.6 Å². The van der Waals surface area contributed by atoms with Crippen LogP contribution in [0.2, 0.25) is 0 Å². The molecule has 0 saturated carbocycles. The van der Waals surface area contributed by atoms with Gasteiger partial charge in [-0.3, -0.25) is 4.79 Å². The first-order chi connectivity index (χ1) is 27.2. The predicted molar refractivity (Wildman–Crippen MR) is 248 cm³/mol. The molecule has 0 aromatic carbocycles. The standard InChI is InChI=1S/C53H104O2/c1-4-6-7-8-9-10-34-38-41-44-47-50-53(54)55-51-48-45-42-39-36-33-31-29-27-25-23-21-19-17-15-13-11-12-14-16-18-20-22-24-26-28-30-32-35-37-40-43-46-49-52(3)5-2/h8-9,52H,4-7,10-51H2,1-3H3. The van der Waals surface area contributed by atoms with Crippen LogP contribution in [0.1, 0.15) is 310 Å². The fourth-order valence-electron chi connectivity index (χ4n) is 8.16. The van der Waals surface area contributed by atoms with Gasteiger partial charge in [0.2, 0.25) is 0 Å². The number of unbranched alkanes of at least 4 members (excludes halogenated alkanes) is 39. The molecular weight excluding hydrogens is 669 g/mol. The van der Waals surface area contributed by atoms with Crippen LogP contribution in [0.4, 0.5) is 0 Å². The predicted octanol–water partition coefficient (Wildman–Crippen LogP) is 19.3. The number of hydrogen-bond donors (Lipinski definition) is 0. The molecule has 328 valence electrons. The maximum absolute atomic E-state index is 12.0. The summed E-state index contributed by atoms with van der Waals surface area (Å²) in [5.41, 5.74) is 0. The Bertz CT molecular complexity index is 728. The first-order valence-corrected chi connectivity index (χ1v) is 26.0. The van der Waals surface area contributed by atoms with E-state index in [2.05, 4.69) is 32.9 Å². The van der Waals surface area contributed by atoms with E-state index in [0.717, 1.165) is 25.2 Å². The van der Waals surface area contributed by atoms with Crippen molar-refractivity contribution in [3.8, 4) is 0 Å². The highest BCUT2D eigenvalue weighted by Crippen LogP contribution is 2.18. The largest absolute Gasteiger partial charge is 0.466 e. The van der Waals surface area contributed by atoms with Gasteiger partial charge in [-0.1, -0.05) is 283 Å². The number of carbonyl (C=O) groups excluding carboxylic acids is 1. The van der Waals surface area contributed by atoms with Gasteiger partial charge in [-0.15, -0.1) is 0 Å². The van der Waals surface area contributed by atoms with Gasteiger partial charge in [-0.05, 0) is 38.0 Å². The molecule has 0 bridgehead atoms. The van der Waals surface area contributed by atoms with Crippen molar-refractivity contribution in [1.82, 2.24) is 0 Å². The van der Waals surface area contributed by atoms with Crippen LogP contribution >= 0.6 is 0 Å². The lowest BCUT2D eigenvalue weighted by Gasteiger charge is -2.07. The molecule has 0 N–H and O–H groups in total. The molecule has 0 aliphatic rings.